The first-order valence-corrected chi connectivity index (χ1v) is 9.91. The number of carbonyl (C=O) groups excluding carboxylic acids is 1. The largest absolute Gasteiger partial charge is 0.484 e. The lowest BCUT2D eigenvalue weighted by molar-refractivity contribution is -0.153. The summed E-state index contributed by atoms with van der Waals surface area (Å²) in [6, 6.07) is 5.93. The van der Waals surface area contributed by atoms with Gasteiger partial charge in [0.15, 0.2) is 6.61 Å². The van der Waals surface area contributed by atoms with Crippen LogP contribution in [0.4, 0.5) is 13.2 Å². The molecule has 1 heterocycles. The van der Waals surface area contributed by atoms with Crippen LogP contribution in [0, 0.1) is 5.92 Å². The highest BCUT2D eigenvalue weighted by Crippen LogP contribution is 2.20. The maximum absolute atomic E-state index is 12.2. The molecule has 0 aromatic heterocycles. The van der Waals surface area contributed by atoms with Crippen LogP contribution in [-0.2, 0) is 21.4 Å². The minimum Gasteiger partial charge on any atom is -0.484 e. The average molecular weight is 394 g/mol. The Bertz CT molecular complexity index is 720. The van der Waals surface area contributed by atoms with Crippen LogP contribution in [0.25, 0.3) is 0 Å². The molecule has 6 nitrogen and oxygen atoms in total. The second-order valence-electron chi connectivity index (χ2n) is 6.23. The van der Waals surface area contributed by atoms with Crippen LogP contribution in [0.1, 0.15) is 18.4 Å². The number of benzene rings is 1. The number of amides is 1. The van der Waals surface area contributed by atoms with Gasteiger partial charge in [-0.1, -0.05) is 12.1 Å². The van der Waals surface area contributed by atoms with Crippen LogP contribution in [0.2, 0.25) is 0 Å². The van der Waals surface area contributed by atoms with E-state index in [-0.39, 0.29) is 24.7 Å². The third-order valence-corrected chi connectivity index (χ3v) is 5.29. The fourth-order valence-electron chi connectivity index (χ4n) is 2.66. The Morgan fingerprint density at radius 3 is 2.54 bits per heavy atom. The number of ether oxygens (including phenoxy) is 1. The molecule has 26 heavy (non-hydrogen) atoms. The van der Waals surface area contributed by atoms with Crippen molar-refractivity contribution in [1.82, 2.24) is 9.62 Å². The topological polar surface area (TPSA) is 75.7 Å². The zero-order valence-electron chi connectivity index (χ0n) is 14.3. The molecule has 1 unspecified atom stereocenters. The molecule has 1 atom stereocenters. The third kappa shape index (κ3) is 6.49. The minimum atomic E-state index is -4.40. The Labute approximate surface area is 150 Å². The summed E-state index contributed by atoms with van der Waals surface area (Å²) in [5.41, 5.74) is 0.702. The second kappa shape index (κ2) is 8.26. The summed E-state index contributed by atoms with van der Waals surface area (Å²) in [6.07, 6.45) is -2.04. The van der Waals surface area contributed by atoms with E-state index in [0.29, 0.717) is 24.9 Å². The zero-order valence-corrected chi connectivity index (χ0v) is 15.1. The molecule has 146 valence electrons. The van der Waals surface area contributed by atoms with Crippen LogP contribution in [0.15, 0.2) is 24.3 Å². The lowest BCUT2D eigenvalue weighted by atomic mass is 9.99. The van der Waals surface area contributed by atoms with Crippen molar-refractivity contribution in [2.24, 2.45) is 5.92 Å². The van der Waals surface area contributed by atoms with Gasteiger partial charge in [0, 0.05) is 19.6 Å². The first-order chi connectivity index (χ1) is 12.0. The summed E-state index contributed by atoms with van der Waals surface area (Å²) in [4.78, 5) is 12.2. The van der Waals surface area contributed by atoms with Crippen LogP contribution in [0.3, 0.4) is 0 Å². The van der Waals surface area contributed by atoms with Gasteiger partial charge in [-0.05, 0) is 30.5 Å². The van der Waals surface area contributed by atoms with Gasteiger partial charge in [0.05, 0.1) is 12.2 Å². The standard InChI is InChI=1S/C16H21F3N2O4S/c1-26(23,24)21-8-2-3-13(10-21)15(22)20-9-12-4-6-14(7-5-12)25-11-16(17,18)19/h4-7,13H,2-3,8-11H2,1H3,(H,20,22). The Hall–Kier alpha value is -1.81. The first-order valence-electron chi connectivity index (χ1n) is 8.06. The fraction of sp³-hybridized carbons (Fsp3) is 0.562. The Kier molecular flexibility index (Phi) is 6.51. The SMILES string of the molecule is CS(=O)(=O)N1CCCC(C(=O)NCc2ccc(OCC(F)(F)F)cc2)C1. The molecule has 10 heteroatoms. The van der Waals surface area contributed by atoms with E-state index in [1.807, 2.05) is 0 Å². The van der Waals surface area contributed by atoms with Gasteiger partial charge in [0.1, 0.15) is 5.75 Å². The van der Waals surface area contributed by atoms with Crippen molar-refractivity contribution >= 4 is 15.9 Å². The summed E-state index contributed by atoms with van der Waals surface area (Å²) < 4.78 is 65.4. The van der Waals surface area contributed by atoms with Crippen LogP contribution in [-0.4, -0.2) is 50.8 Å². The number of hydrogen-bond acceptors (Lipinski definition) is 4. The summed E-state index contributed by atoms with van der Waals surface area (Å²) in [6.45, 7) is -0.577. The van der Waals surface area contributed by atoms with Crippen molar-refractivity contribution in [3.05, 3.63) is 29.8 Å². The van der Waals surface area contributed by atoms with Gasteiger partial charge >= 0.3 is 6.18 Å². The van der Waals surface area contributed by atoms with E-state index in [4.69, 9.17) is 0 Å². The molecule has 1 saturated heterocycles. The summed E-state index contributed by atoms with van der Waals surface area (Å²) in [5.74, 6) is -0.558. The molecule has 1 aliphatic rings. The highest BCUT2D eigenvalue weighted by molar-refractivity contribution is 7.88. The number of alkyl halides is 3. The Morgan fingerprint density at radius 2 is 1.96 bits per heavy atom. The molecule has 0 saturated carbocycles. The molecule has 0 spiro atoms. The summed E-state index contributed by atoms with van der Waals surface area (Å²) in [7, 11) is -3.32. The predicted molar refractivity (Wildman–Crippen MR) is 89.0 cm³/mol. The quantitative estimate of drug-likeness (QED) is 0.800. The lowest BCUT2D eigenvalue weighted by Crippen LogP contribution is -2.44. The number of nitrogens with zero attached hydrogens (tertiary/aromatic N) is 1. The maximum Gasteiger partial charge on any atom is 0.422 e. The van der Waals surface area contributed by atoms with Crippen molar-refractivity contribution < 1.29 is 31.1 Å². The first kappa shape index (κ1) is 20.5. The average Bonchev–Trinajstić information content (AvgIpc) is 2.57. The van der Waals surface area contributed by atoms with E-state index in [9.17, 15) is 26.4 Å². The van der Waals surface area contributed by atoms with Gasteiger partial charge in [-0.15, -0.1) is 0 Å². The van der Waals surface area contributed by atoms with E-state index in [2.05, 4.69) is 10.1 Å². The number of halogens is 3. The highest BCUT2D eigenvalue weighted by Gasteiger charge is 2.30. The Morgan fingerprint density at radius 1 is 1.31 bits per heavy atom. The molecule has 2 rings (SSSR count). The van der Waals surface area contributed by atoms with Crippen molar-refractivity contribution in [1.29, 1.82) is 0 Å². The minimum absolute atomic E-state index is 0.0912. The van der Waals surface area contributed by atoms with Gasteiger partial charge in [0.25, 0.3) is 0 Å². The van der Waals surface area contributed by atoms with Gasteiger partial charge in [-0.2, -0.15) is 13.2 Å². The molecule has 1 aliphatic heterocycles. The van der Waals surface area contributed by atoms with E-state index in [1.54, 1.807) is 12.1 Å². The van der Waals surface area contributed by atoms with Crippen molar-refractivity contribution in [3.8, 4) is 5.75 Å². The summed E-state index contributed by atoms with van der Waals surface area (Å²) >= 11 is 0. The van der Waals surface area contributed by atoms with Gasteiger partial charge in [0.2, 0.25) is 15.9 Å². The molecule has 1 amide bonds. The molecule has 0 bridgehead atoms. The second-order valence-corrected chi connectivity index (χ2v) is 8.21. The molecule has 1 aromatic carbocycles. The van der Waals surface area contributed by atoms with Gasteiger partial charge in [-0.25, -0.2) is 12.7 Å². The zero-order chi connectivity index (χ0) is 19.4. The van der Waals surface area contributed by atoms with Gasteiger partial charge < -0.3 is 10.1 Å². The monoisotopic (exact) mass is 394 g/mol. The van der Waals surface area contributed by atoms with Crippen molar-refractivity contribution in [2.75, 3.05) is 26.0 Å². The molecule has 0 aliphatic carbocycles. The number of nitrogens with one attached hydrogen (secondary N) is 1. The van der Waals surface area contributed by atoms with E-state index in [1.165, 1.54) is 16.4 Å². The van der Waals surface area contributed by atoms with Gasteiger partial charge in [-0.3, -0.25) is 4.79 Å². The van der Waals surface area contributed by atoms with Crippen LogP contribution in [0.5, 0.6) is 5.75 Å². The van der Waals surface area contributed by atoms with E-state index < -0.39 is 28.7 Å². The number of rotatable bonds is 6. The van der Waals surface area contributed by atoms with Crippen molar-refractivity contribution in [2.45, 2.75) is 25.6 Å². The third-order valence-electron chi connectivity index (χ3n) is 4.02. The fourth-order valence-corrected chi connectivity index (χ4v) is 3.57. The smallest absolute Gasteiger partial charge is 0.422 e. The molecular weight excluding hydrogens is 373 g/mol. The molecule has 1 aromatic rings. The lowest BCUT2D eigenvalue weighted by Gasteiger charge is -2.30. The highest BCUT2D eigenvalue weighted by atomic mass is 32.2. The maximum atomic E-state index is 12.2. The molecule has 1 N–H and O–H groups in total. The van der Waals surface area contributed by atoms with Crippen LogP contribution >= 0.6 is 0 Å². The number of piperidine rings is 1. The molecule has 1 fully saturated rings. The number of hydrogen-bond donors (Lipinski definition) is 1. The molecule has 0 radical (unpaired) electrons. The van der Waals surface area contributed by atoms with E-state index >= 15 is 0 Å². The summed E-state index contributed by atoms with van der Waals surface area (Å²) in [5, 5.41) is 2.74. The number of sulfonamides is 1. The Balaban J connectivity index is 1.83. The van der Waals surface area contributed by atoms with E-state index in [0.717, 1.165) is 6.26 Å². The van der Waals surface area contributed by atoms with Crippen molar-refractivity contribution in [3.63, 3.8) is 0 Å². The van der Waals surface area contributed by atoms with Crippen LogP contribution < -0.4 is 10.1 Å². The molecular formula is C16H21F3N2O4S. The predicted octanol–water partition coefficient (Wildman–Crippen LogP) is 1.92. The normalized spacial score (nSPS) is 19.2. The number of carbonyl (C=O) groups is 1.